The molecule has 0 saturated heterocycles. The van der Waals surface area contributed by atoms with Gasteiger partial charge in [0.25, 0.3) is 0 Å². The average Bonchev–Trinajstić information content (AvgIpc) is 2.47. The molecule has 0 bridgehead atoms. The molecular weight excluding hydrogens is 312 g/mol. The molecule has 0 saturated carbocycles. The van der Waals surface area contributed by atoms with Crippen molar-refractivity contribution in [2.75, 3.05) is 13.2 Å². The van der Waals surface area contributed by atoms with Gasteiger partial charge in [0.1, 0.15) is 0 Å². The summed E-state index contributed by atoms with van der Waals surface area (Å²) in [5, 5.41) is 0. The SMILES string of the molecule is CCOC(=O)C(C(=O)OCC)C(O[Si](C)(C)C)c1ccccc1. The molecule has 0 radical (unpaired) electrons. The topological polar surface area (TPSA) is 61.8 Å². The predicted octanol–water partition coefficient (Wildman–Crippen LogP) is 3.32. The Morgan fingerprint density at radius 2 is 1.43 bits per heavy atom. The first-order chi connectivity index (χ1) is 10.8. The quantitative estimate of drug-likeness (QED) is 0.413. The van der Waals surface area contributed by atoms with E-state index in [-0.39, 0.29) is 13.2 Å². The Kier molecular flexibility index (Phi) is 7.45. The minimum Gasteiger partial charge on any atom is -0.465 e. The van der Waals surface area contributed by atoms with Gasteiger partial charge in [-0.2, -0.15) is 0 Å². The summed E-state index contributed by atoms with van der Waals surface area (Å²) in [7, 11) is -2.02. The Labute approximate surface area is 139 Å². The second kappa shape index (κ2) is 8.84. The highest BCUT2D eigenvalue weighted by Gasteiger charge is 2.41. The monoisotopic (exact) mass is 338 g/mol. The van der Waals surface area contributed by atoms with Crippen LogP contribution < -0.4 is 0 Å². The van der Waals surface area contributed by atoms with E-state index >= 15 is 0 Å². The number of esters is 2. The number of carbonyl (C=O) groups is 2. The van der Waals surface area contributed by atoms with Gasteiger partial charge in [0.05, 0.1) is 19.3 Å². The van der Waals surface area contributed by atoms with Gasteiger partial charge in [0, 0.05) is 0 Å². The smallest absolute Gasteiger partial charge is 0.323 e. The lowest BCUT2D eigenvalue weighted by molar-refractivity contribution is -0.166. The van der Waals surface area contributed by atoms with Crippen LogP contribution in [0.1, 0.15) is 25.5 Å². The Bertz CT molecular complexity index is 491. The molecule has 0 amide bonds. The van der Waals surface area contributed by atoms with Crippen molar-refractivity contribution in [2.24, 2.45) is 5.92 Å². The van der Waals surface area contributed by atoms with Crippen LogP contribution in [-0.4, -0.2) is 33.5 Å². The maximum absolute atomic E-state index is 12.4. The third kappa shape index (κ3) is 6.15. The van der Waals surface area contributed by atoms with Crippen LogP contribution in [0, 0.1) is 5.92 Å². The Balaban J connectivity index is 3.25. The first kappa shape index (κ1) is 19.4. The zero-order valence-corrected chi connectivity index (χ0v) is 15.5. The third-order valence-corrected chi connectivity index (χ3v) is 3.95. The maximum atomic E-state index is 12.4. The Morgan fingerprint density at radius 3 is 1.83 bits per heavy atom. The summed E-state index contributed by atoms with van der Waals surface area (Å²) in [5.74, 6) is -2.35. The Hall–Kier alpha value is -1.66. The van der Waals surface area contributed by atoms with Crippen molar-refractivity contribution < 1.29 is 23.5 Å². The second-order valence-corrected chi connectivity index (χ2v) is 10.5. The van der Waals surface area contributed by atoms with E-state index < -0.39 is 32.3 Å². The summed E-state index contributed by atoms with van der Waals surface area (Å²) in [6, 6.07) is 9.26. The molecule has 1 unspecified atom stereocenters. The molecule has 1 aromatic carbocycles. The summed E-state index contributed by atoms with van der Waals surface area (Å²) in [5.41, 5.74) is 0.765. The van der Waals surface area contributed by atoms with Crippen molar-refractivity contribution in [1.29, 1.82) is 0 Å². The number of hydrogen-bond donors (Lipinski definition) is 0. The van der Waals surface area contributed by atoms with E-state index in [2.05, 4.69) is 0 Å². The van der Waals surface area contributed by atoms with Crippen molar-refractivity contribution in [3.05, 3.63) is 35.9 Å². The number of carbonyl (C=O) groups excluding carboxylic acids is 2. The van der Waals surface area contributed by atoms with E-state index in [0.717, 1.165) is 5.56 Å². The highest BCUT2D eigenvalue weighted by atomic mass is 28.4. The van der Waals surface area contributed by atoms with Gasteiger partial charge < -0.3 is 13.9 Å². The van der Waals surface area contributed by atoms with Crippen LogP contribution in [0.2, 0.25) is 19.6 Å². The van der Waals surface area contributed by atoms with Crippen LogP contribution in [0.5, 0.6) is 0 Å². The van der Waals surface area contributed by atoms with Gasteiger partial charge in [0.2, 0.25) is 0 Å². The van der Waals surface area contributed by atoms with Gasteiger partial charge in [-0.15, -0.1) is 0 Å². The second-order valence-electron chi connectivity index (χ2n) is 6.04. The van der Waals surface area contributed by atoms with Crippen molar-refractivity contribution >= 4 is 20.3 Å². The van der Waals surface area contributed by atoms with Crippen LogP contribution in [0.15, 0.2) is 30.3 Å². The van der Waals surface area contributed by atoms with Gasteiger partial charge in [-0.1, -0.05) is 30.3 Å². The van der Waals surface area contributed by atoms with E-state index in [1.54, 1.807) is 13.8 Å². The van der Waals surface area contributed by atoms with Gasteiger partial charge in [0.15, 0.2) is 14.2 Å². The van der Waals surface area contributed by atoms with Crippen LogP contribution in [0.3, 0.4) is 0 Å². The molecule has 0 aromatic heterocycles. The van der Waals surface area contributed by atoms with Gasteiger partial charge in [-0.25, -0.2) is 0 Å². The molecule has 0 aliphatic heterocycles. The van der Waals surface area contributed by atoms with E-state index in [1.165, 1.54) is 0 Å². The van der Waals surface area contributed by atoms with Crippen LogP contribution in [0.25, 0.3) is 0 Å². The fourth-order valence-electron chi connectivity index (χ4n) is 2.16. The summed E-state index contributed by atoms with van der Waals surface area (Å²) in [6.45, 7) is 9.84. The van der Waals surface area contributed by atoms with Gasteiger partial charge >= 0.3 is 11.9 Å². The molecule has 1 rings (SSSR count). The first-order valence-electron chi connectivity index (χ1n) is 7.86. The Morgan fingerprint density at radius 1 is 0.957 bits per heavy atom. The molecule has 1 atom stereocenters. The normalized spacial score (nSPS) is 12.8. The number of hydrogen-bond acceptors (Lipinski definition) is 5. The lowest BCUT2D eigenvalue weighted by Crippen LogP contribution is -2.39. The van der Waals surface area contributed by atoms with E-state index in [0.29, 0.717) is 0 Å². The summed E-state index contributed by atoms with van der Waals surface area (Å²) in [4.78, 5) is 24.7. The van der Waals surface area contributed by atoms with Crippen molar-refractivity contribution in [1.82, 2.24) is 0 Å². The highest BCUT2D eigenvalue weighted by molar-refractivity contribution is 6.69. The minimum atomic E-state index is -2.02. The number of benzene rings is 1. The number of ether oxygens (including phenoxy) is 2. The average molecular weight is 338 g/mol. The fourth-order valence-corrected chi connectivity index (χ4v) is 3.19. The standard InChI is InChI=1S/C17H26O5Si/c1-6-20-16(18)14(17(19)21-7-2)15(22-23(3,4)5)13-11-9-8-10-12-13/h8-12,14-15H,6-7H2,1-5H3. The van der Waals surface area contributed by atoms with Crippen LogP contribution in [0.4, 0.5) is 0 Å². The van der Waals surface area contributed by atoms with Gasteiger partial charge in [-0.05, 0) is 39.1 Å². The largest absolute Gasteiger partial charge is 0.465 e. The molecule has 23 heavy (non-hydrogen) atoms. The van der Waals surface area contributed by atoms with E-state index in [4.69, 9.17) is 13.9 Å². The first-order valence-corrected chi connectivity index (χ1v) is 11.3. The summed E-state index contributed by atoms with van der Waals surface area (Å²) >= 11 is 0. The van der Waals surface area contributed by atoms with Crippen molar-refractivity contribution in [2.45, 2.75) is 39.6 Å². The fraction of sp³-hybridized carbons (Fsp3) is 0.529. The van der Waals surface area contributed by atoms with E-state index in [9.17, 15) is 9.59 Å². The molecular formula is C17H26O5Si. The van der Waals surface area contributed by atoms with Crippen molar-refractivity contribution in [3.8, 4) is 0 Å². The van der Waals surface area contributed by atoms with E-state index in [1.807, 2.05) is 50.0 Å². The number of rotatable bonds is 8. The molecule has 0 spiro atoms. The van der Waals surface area contributed by atoms with Crippen molar-refractivity contribution in [3.63, 3.8) is 0 Å². The lowest BCUT2D eigenvalue weighted by atomic mass is 9.96. The van der Waals surface area contributed by atoms with Crippen LogP contribution >= 0.6 is 0 Å². The molecule has 0 aliphatic rings. The molecule has 6 heteroatoms. The highest BCUT2D eigenvalue weighted by Crippen LogP contribution is 2.31. The lowest BCUT2D eigenvalue weighted by Gasteiger charge is -2.30. The van der Waals surface area contributed by atoms with Crippen LogP contribution in [-0.2, 0) is 23.5 Å². The molecule has 0 fully saturated rings. The summed E-state index contributed by atoms with van der Waals surface area (Å²) < 4.78 is 16.3. The maximum Gasteiger partial charge on any atom is 0.323 e. The molecule has 1 aromatic rings. The molecule has 0 heterocycles. The molecule has 0 aliphatic carbocycles. The third-order valence-electron chi connectivity index (χ3n) is 2.99. The molecule has 0 N–H and O–H groups in total. The predicted molar refractivity (Wildman–Crippen MR) is 90.4 cm³/mol. The summed E-state index contributed by atoms with van der Waals surface area (Å²) in [6.07, 6.45) is -0.707. The van der Waals surface area contributed by atoms with Gasteiger partial charge in [-0.3, -0.25) is 9.59 Å². The minimum absolute atomic E-state index is 0.198. The molecule has 5 nitrogen and oxygen atoms in total. The molecule has 128 valence electrons. The zero-order valence-electron chi connectivity index (χ0n) is 14.5. The zero-order chi connectivity index (χ0) is 17.5.